The van der Waals surface area contributed by atoms with Crippen LogP contribution in [0.1, 0.15) is 356 Å². The van der Waals surface area contributed by atoms with Crippen LogP contribution in [-0.2, 0) is 28.6 Å². The van der Waals surface area contributed by atoms with Gasteiger partial charge >= 0.3 is 17.9 Å². The molecular weight excluding hydrogens is 865 g/mol. The lowest BCUT2D eigenvalue weighted by Crippen LogP contribution is -2.30. The molecule has 0 rings (SSSR count). The van der Waals surface area contributed by atoms with Gasteiger partial charge in [-0.15, -0.1) is 0 Å². The van der Waals surface area contributed by atoms with Gasteiger partial charge in [0.25, 0.3) is 0 Å². The fourth-order valence-corrected chi connectivity index (χ4v) is 9.88. The van der Waals surface area contributed by atoms with Crippen LogP contribution in [0, 0.1) is 17.8 Å². The molecule has 0 aromatic rings. The second kappa shape index (κ2) is 55.2. The SMILES string of the molecule is CC(C)CCCCCCCCCCCCCCCCCCCCC(=O)OC[C@@H](COC(=O)CCCCCCCCCCCCC(C)C)OC(=O)CCCCCCCCCCCCCCCCCC(C)C. The molecule has 0 aromatic carbocycles. The van der Waals surface area contributed by atoms with Gasteiger partial charge in [-0.05, 0) is 37.0 Å². The molecule has 0 aliphatic heterocycles. The van der Waals surface area contributed by atoms with Gasteiger partial charge in [0.05, 0.1) is 0 Å². The molecule has 0 saturated heterocycles. The first kappa shape index (κ1) is 68.4. The Morgan fingerprint density at radius 2 is 0.414 bits per heavy atom. The highest BCUT2D eigenvalue weighted by molar-refractivity contribution is 5.71. The highest BCUT2D eigenvalue weighted by atomic mass is 16.6. The zero-order chi connectivity index (χ0) is 51.2. The monoisotopic (exact) mass is 989 g/mol. The predicted octanol–water partition coefficient (Wildman–Crippen LogP) is 21.1. The summed E-state index contributed by atoms with van der Waals surface area (Å²) >= 11 is 0. The van der Waals surface area contributed by atoms with Crippen LogP contribution >= 0.6 is 0 Å². The van der Waals surface area contributed by atoms with E-state index in [4.69, 9.17) is 14.2 Å². The summed E-state index contributed by atoms with van der Waals surface area (Å²) in [6, 6.07) is 0. The first-order valence-electron chi connectivity index (χ1n) is 31.6. The molecule has 6 nitrogen and oxygen atoms in total. The topological polar surface area (TPSA) is 78.9 Å². The Morgan fingerprint density at radius 3 is 0.614 bits per heavy atom. The second-order valence-corrected chi connectivity index (χ2v) is 23.5. The number of carbonyl (C=O) groups excluding carboxylic acids is 3. The van der Waals surface area contributed by atoms with E-state index in [1.165, 1.54) is 238 Å². The van der Waals surface area contributed by atoms with Crippen molar-refractivity contribution in [1.82, 2.24) is 0 Å². The van der Waals surface area contributed by atoms with Crippen molar-refractivity contribution in [3.8, 4) is 0 Å². The summed E-state index contributed by atoms with van der Waals surface area (Å²) in [4.78, 5) is 38.3. The minimum absolute atomic E-state index is 0.0628. The van der Waals surface area contributed by atoms with Gasteiger partial charge < -0.3 is 14.2 Å². The zero-order valence-electron chi connectivity index (χ0n) is 48.3. The molecule has 0 saturated carbocycles. The van der Waals surface area contributed by atoms with Gasteiger partial charge in [0, 0.05) is 19.3 Å². The quantitative estimate of drug-likeness (QED) is 0.0343. The van der Waals surface area contributed by atoms with Gasteiger partial charge in [-0.25, -0.2) is 0 Å². The van der Waals surface area contributed by atoms with Crippen LogP contribution in [-0.4, -0.2) is 37.2 Å². The van der Waals surface area contributed by atoms with Gasteiger partial charge in [-0.1, -0.05) is 318 Å². The standard InChI is InChI=1S/C64H124O6/c1-58(2)50-44-38-32-26-20-16-12-9-7-8-10-14-18-22-29-35-41-47-53-62(65)68-56-61(57-69-63(66)54-48-42-36-30-25-24-28-34-40-46-52-60(5)6)70-64(67)55-49-43-37-31-23-19-15-11-13-17-21-27-33-39-45-51-59(3)4/h58-61H,7-57H2,1-6H3/t61-/m0/s1. The van der Waals surface area contributed by atoms with E-state index in [1.54, 1.807) is 0 Å². The molecule has 6 heteroatoms. The van der Waals surface area contributed by atoms with E-state index in [2.05, 4.69) is 41.5 Å². The fraction of sp³-hybridized carbons (Fsp3) is 0.953. The average molecular weight is 990 g/mol. The molecule has 0 spiro atoms. The van der Waals surface area contributed by atoms with Crippen LogP contribution in [0.5, 0.6) is 0 Å². The van der Waals surface area contributed by atoms with Gasteiger partial charge in [0.2, 0.25) is 0 Å². The van der Waals surface area contributed by atoms with E-state index in [1.807, 2.05) is 0 Å². The highest BCUT2D eigenvalue weighted by Gasteiger charge is 2.19. The first-order valence-corrected chi connectivity index (χ1v) is 31.6. The number of unbranched alkanes of at least 4 members (excludes halogenated alkanes) is 40. The average Bonchev–Trinajstić information content (AvgIpc) is 3.32. The maximum Gasteiger partial charge on any atom is 0.306 e. The van der Waals surface area contributed by atoms with Crippen molar-refractivity contribution in [3.63, 3.8) is 0 Å². The molecule has 0 amide bonds. The van der Waals surface area contributed by atoms with Crippen LogP contribution in [0.25, 0.3) is 0 Å². The molecule has 0 aliphatic carbocycles. The van der Waals surface area contributed by atoms with Crippen molar-refractivity contribution in [1.29, 1.82) is 0 Å². The maximum atomic E-state index is 12.9. The van der Waals surface area contributed by atoms with Crippen LogP contribution in [0.15, 0.2) is 0 Å². The number of hydrogen-bond donors (Lipinski definition) is 0. The minimum Gasteiger partial charge on any atom is -0.462 e. The Kier molecular flexibility index (Phi) is 53.9. The minimum atomic E-state index is -0.764. The fourth-order valence-electron chi connectivity index (χ4n) is 9.88. The van der Waals surface area contributed by atoms with E-state index in [-0.39, 0.29) is 31.1 Å². The largest absolute Gasteiger partial charge is 0.462 e. The van der Waals surface area contributed by atoms with E-state index < -0.39 is 6.10 Å². The molecule has 1 atom stereocenters. The van der Waals surface area contributed by atoms with Gasteiger partial charge in [0.15, 0.2) is 6.10 Å². The lowest BCUT2D eigenvalue weighted by atomic mass is 10.0. The van der Waals surface area contributed by atoms with E-state index >= 15 is 0 Å². The first-order chi connectivity index (χ1) is 34.1. The summed E-state index contributed by atoms with van der Waals surface area (Å²) in [5, 5.41) is 0. The number of ether oxygens (including phenoxy) is 3. The summed E-state index contributed by atoms with van der Waals surface area (Å²) in [5.41, 5.74) is 0. The normalized spacial score (nSPS) is 12.1. The molecular formula is C64H124O6. The van der Waals surface area contributed by atoms with Gasteiger partial charge in [0.1, 0.15) is 13.2 Å². The number of esters is 3. The van der Waals surface area contributed by atoms with Crippen molar-refractivity contribution in [2.45, 2.75) is 362 Å². The Morgan fingerprint density at radius 1 is 0.243 bits per heavy atom. The van der Waals surface area contributed by atoms with Crippen LogP contribution in [0.3, 0.4) is 0 Å². The number of rotatable bonds is 57. The van der Waals surface area contributed by atoms with Crippen molar-refractivity contribution >= 4 is 17.9 Å². The lowest BCUT2D eigenvalue weighted by Gasteiger charge is -2.18. The van der Waals surface area contributed by atoms with Crippen LogP contribution in [0.2, 0.25) is 0 Å². The number of hydrogen-bond acceptors (Lipinski definition) is 6. The summed E-state index contributed by atoms with van der Waals surface area (Å²) < 4.78 is 16.9. The van der Waals surface area contributed by atoms with Crippen molar-refractivity contribution < 1.29 is 28.6 Å². The summed E-state index contributed by atoms with van der Waals surface area (Å²) in [6.07, 6.45) is 59.6. The van der Waals surface area contributed by atoms with Crippen molar-refractivity contribution in [3.05, 3.63) is 0 Å². The third-order valence-electron chi connectivity index (χ3n) is 14.6. The molecule has 416 valence electrons. The Labute approximate surface area is 438 Å². The van der Waals surface area contributed by atoms with E-state index in [0.29, 0.717) is 19.3 Å². The molecule has 0 bridgehead atoms. The summed E-state index contributed by atoms with van der Waals surface area (Å²) in [7, 11) is 0. The third-order valence-corrected chi connectivity index (χ3v) is 14.6. The number of carbonyl (C=O) groups is 3. The third kappa shape index (κ3) is 57.3. The van der Waals surface area contributed by atoms with Crippen LogP contribution in [0.4, 0.5) is 0 Å². The molecule has 0 heterocycles. The molecule has 0 aliphatic rings. The van der Waals surface area contributed by atoms with Crippen LogP contribution < -0.4 is 0 Å². The Bertz CT molecular complexity index is 1090. The Balaban J connectivity index is 4.25. The zero-order valence-corrected chi connectivity index (χ0v) is 48.3. The predicted molar refractivity (Wildman–Crippen MR) is 303 cm³/mol. The maximum absolute atomic E-state index is 12.9. The van der Waals surface area contributed by atoms with Gasteiger partial charge in [-0.2, -0.15) is 0 Å². The molecule has 0 aromatic heterocycles. The molecule has 0 N–H and O–H groups in total. The van der Waals surface area contributed by atoms with Crippen molar-refractivity contribution in [2.75, 3.05) is 13.2 Å². The van der Waals surface area contributed by atoms with E-state index in [9.17, 15) is 14.4 Å². The van der Waals surface area contributed by atoms with Gasteiger partial charge in [-0.3, -0.25) is 14.4 Å². The smallest absolute Gasteiger partial charge is 0.306 e. The highest BCUT2D eigenvalue weighted by Crippen LogP contribution is 2.19. The molecule has 0 radical (unpaired) electrons. The summed E-state index contributed by atoms with van der Waals surface area (Å²) in [5.74, 6) is 1.69. The molecule has 0 unspecified atom stereocenters. The van der Waals surface area contributed by atoms with E-state index in [0.717, 1.165) is 75.5 Å². The molecule has 70 heavy (non-hydrogen) atoms. The lowest BCUT2D eigenvalue weighted by molar-refractivity contribution is -0.167. The second-order valence-electron chi connectivity index (χ2n) is 23.5. The Hall–Kier alpha value is -1.59. The van der Waals surface area contributed by atoms with Crippen molar-refractivity contribution in [2.24, 2.45) is 17.8 Å². The summed E-state index contributed by atoms with van der Waals surface area (Å²) in [6.45, 7) is 13.8. The molecule has 0 fully saturated rings.